The third-order valence-corrected chi connectivity index (χ3v) is 6.89. The molecule has 7 nitrogen and oxygen atoms in total. The number of Topliss-reactive ketones (excluding diaryl/α,β-unsaturated/α-hetero) is 1. The van der Waals surface area contributed by atoms with Crippen molar-refractivity contribution in [2.75, 3.05) is 26.2 Å². The van der Waals surface area contributed by atoms with Gasteiger partial charge in [-0.15, -0.1) is 0 Å². The number of piperazine rings is 1. The fraction of sp³-hybridized carbons (Fsp3) is 0.368. The van der Waals surface area contributed by atoms with Gasteiger partial charge in [-0.25, -0.2) is 12.8 Å². The van der Waals surface area contributed by atoms with Crippen molar-refractivity contribution >= 4 is 21.7 Å². The number of amides is 1. The molecule has 1 aromatic heterocycles. The molecule has 3 rings (SSSR count). The Morgan fingerprint density at radius 1 is 1.04 bits per heavy atom. The number of sulfonamides is 1. The number of H-pyrrole nitrogens is 1. The normalized spacial score (nSPS) is 15.6. The molecular formula is C19H22FN3O4S. The Balaban J connectivity index is 1.73. The van der Waals surface area contributed by atoms with Crippen LogP contribution in [0.5, 0.6) is 0 Å². The second-order valence-electron chi connectivity index (χ2n) is 6.83. The molecule has 150 valence electrons. The number of carbonyl (C=O) groups excluding carboxylic acids is 2. The van der Waals surface area contributed by atoms with Gasteiger partial charge in [-0.05, 0) is 50.6 Å². The van der Waals surface area contributed by atoms with Gasteiger partial charge in [0, 0.05) is 37.4 Å². The van der Waals surface area contributed by atoms with Gasteiger partial charge in [-0.1, -0.05) is 0 Å². The fourth-order valence-electron chi connectivity index (χ4n) is 3.54. The Hall–Kier alpha value is -2.52. The first-order chi connectivity index (χ1) is 13.1. The molecule has 1 aliphatic heterocycles. The number of benzene rings is 1. The van der Waals surface area contributed by atoms with E-state index in [1.165, 1.54) is 23.4 Å². The van der Waals surface area contributed by atoms with Crippen molar-refractivity contribution in [3.63, 3.8) is 0 Å². The summed E-state index contributed by atoms with van der Waals surface area (Å²) in [6, 6.07) is 4.68. The summed E-state index contributed by atoms with van der Waals surface area (Å²) in [5.41, 5.74) is 2.13. The second kappa shape index (κ2) is 7.48. The van der Waals surface area contributed by atoms with Gasteiger partial charge in [-0.2, -0.15) is 4.31 Å². The number of aryl methyl sites for hydroxylation is 1. The van der Waals surface area contributed by atoms with E-state index in [1.54, 1.807) is 18.7 Å². The molecule has 1 saturated heterocycles. The number of carbonyl (C=O) groups is 2. The molecule has 9 heteroatoms. The lowest BCUT2D eigenvalue weighted by molar-refractivity contribution is 0.0691. The first-order valence-electron chi connectivity index (χ1n) is 8.88. The lowest BCUT2D eigenvalue weighted by Crippen LogP contribution is -2.50. The first-order valence-corrected chi connectivity index (χ1v) is 10.3. The molecule has 0 saturated carbocycles. The van der Waals surface area contributed by atoms with Crippen molar-refractivity contribution in [2.45, 2.75) is 25.7 Å². The van der Waals surface area contributed by atoms with Crippen molar-refractivity contribution in [2.24, 2.45) is 0 Å². The van der Waals surface area contributed by atoms with E-state index in [-0.39, 0.29) is 42.8 Å². The van der Waals surface area contributed by atoms with E-state index in [1.807, 2.05) is 0 Å². The number of ketones is 1. The maximum absolute atomic E-state index is 13.1. The number of nitrogens with zero attached hydrogens (tertiary/aromatic N) is 2. The summed E-state index contributed by atoms with van der Waals surface area (Å²) in [5.74, 6) is -0.872. The molecule has 0 spiro atoms. The van der Waals surface area contributed by atoms with E-state index in [0.29, 0.717) is 22.5 Å². The monoisotopic (exact) mass is 407 g/mol. The predicted molar refractivity (Wildman–Crippen MR) is 101 cm³/mol. The standard InChI is InChI=1S/C19H22FN3O4S/c1-12-17(14(3)24)13(2)21-18(12)19(25)22-8-10-23(11-9-22)28(26,27)16-6-4-15(20)5-7-16/h4-7,21H,8-11H2,1-3H3. The number of rotatable bonds is 4. The molecule has 1 N–H and O–H groups in total. The largest absolute Gasteiger partial charge is 0.354 e. The molecule has 1 aromatic carbocycles. The van der Waals surface area contributed by atoms with E-state index in [4.69, 9.17) is 0 Å². The highest BCUT2D eigenvalue weighted by Gasteiger charge is 2.32. The summed E-state index contributed by atoms with van der Waals surface area (Å²) in [7, 11) is -3.74. The van der Waals surface area contributed by atoms with E-state index in [2.05, 4.69) is 4.98 Å². The number of hydrogen-bond acceptors (Lipinski definition) is 4. The minimum absolute atomic E-state index is 0.0237. The molecule has 0 aliphatic carbocycles. The molecule has 28 heavy (non-hydrogen) atoms. The number of halogens is 1. The lowest BCUT2D eigenvalue weighted by atomic mass is 10.1. The van der Waals surface area contributed by atoms with Crippen LogP contribution in [0, 0.1) is 19.7 Å². The zero-order valence-electron chi connectivity index (χ0n) is 16.0. The molecule has 1 aliphatic rings. The highest BCUT2D eigenvalue weighted by atomic mass is 32.2. The van der Waals surface area contributed by atoms with Gasteiger partial charge < -0.3 is 9.88 Å². The predicted octanol–water partition coefficient (Wildman–Crippen LogP) is 2.12. The molecule has 2 aromatic rings. The highest BCUT2D eigenvalue weighted by Crippen LogP contribution is 2.22. The van der Waals surface area contributed by atoms with Gasteiger partial charge in [0.2, 0.25) is 10.0 Å². The summed E-state index contributed by atoms with van der Waals surface area (Å²) in [6.07, 6.45) is 0. The van der Waals surface area contributed by atoms with Crippen molar-refractivity contribution in [3.05, 3.63) is 52.6 Å². The Labute approximate surface area is 163 Å². The quantitative estimate of drug-likeness (QED) is 0.786. The molecular weight excluding hydrogens is 385 g/mol. The molecule has 2 heterocycles. The van der Waals surface area contributed by atoms with Gasteiger partial charge in [-0.3, -0.25) is 9.59 Å². The van der Waals surface area contributed by atoms with E-state index >= 15 is 0 Å². The maximum atomic E-state index is 13.1. The molecule has 0 unspecified atom stereocenters. The van der Waals surface area contributed by atoms with Crippen molar-refractivity contribution in [3.8, 4) is 0 Å². The minimum Gasteiger partial charge on any atom is -0.354 e. The van der Waals surface area contributed by atoms with E-state index < -0.39 is 15.8 Å². The zero-order valence-corrected chi connectivity index (χ0v) is 16.8. The Kier molecular flexibility index (Phi) is 5.40. The van der Waals surface area contributed by atoms with Gasteiger partial charge in [0.05, 0.1) is 4.90 Å². The smallest absolute Gasteiger partial charge is 0.270 e. The number of nitrogens with one attached hydrogen (secondary N) is 1. The summed E-state index contributed by atoms with van der Waals surface area (Å²) in [5, 5.41) is 0. The van der Waals surface area contributed by atoms with Crippen LogP contribution in [0.25, 0.3) is 0 Å². The zero-order chi connectivity index (χ0) is 20.6. The Morgan fingerprint density at radius 3 is 2.11 bits per heavy atom. The van der Waals surface area contributed by atoms with Gasteiger partial charge in [0.15, 0.2) is 5.78 Å². The highest BCUT2D eigenvalue weighted by molar-refractivity contribution is 7.89. The van der Waals surface area contributed by atoms with Crippen LogP contribution in [0.2, 0.25) is 0 Å². The Morgan fingerprint density at radius 2 is 1.61 bits per heavy atom. The summed E-state index contributed by atoms with van der Waals surface area (Å²) >= 11 is 0. The molecule has 1 fully saturated rings. The third-order valence-electron chi connectivity index (χ3n) is 4.98. The summed E-state index contributed by atoms with van der Waals surface area (Å²) < 4.78 is 39.7. The van der Waals surface area contributed by atoms with E-state index in [0.717, 1.165) is 12.1 Å². The topological polar surface area (TPSA) is 90.6 Å². The SMILES string of the molecule is CC(=O)c1c(C)[nH]c(C(=O)N2CCN(S(=O)(=O)c3ccc(F)cc3)CC2)c1C. The first kappa shape index (κ1) is 20.2. The molecule has 0 bridgehead atoms. The van der Waals surface area contributed by atoms with Crippen molar-refractivity contribution < 1.29 is 22.4 Å². The van der Waals surface area contributed by atoms with E-state index in [9.17, 15) is 22.4 Å². The maximum Gasteiger partial charge on any atom is 0.270 e. The average molecular weight is 407 g/mol. The fourth-order valence-corrected chi connectivity index (χ4v) is 4.96. The van der Waals surface area contributed by atoms with Gasteiger partial charge >= 0.3 is 0 Å². The third kappa shape index (κ3) is 3.59. The average Bonchev–Trinajstić information content (AvgIpc) is 2.96. The van der Waals surface area contributed by atoms with Crippen LogP contribution in [0.4, 0.5) is 4.39 Å². The molecule has 1 amide bonds. The number of aromatic nitrogens is 1. The second-order valence-corrected chi connectivity index (χ2v) is 8.77. The van der Waals surface area contributed by atoms with Crippen LogP contribution in [-0.4, -0.2) is 60.5 Å². The van der Waals surface area contributed by atoms with Crippen LogP contribution < -0.4 is 0 Å². The van der Waals surface area contributed by atoms with Gasteiger partial charge in [0.1, 0.15) is 11.5 Å². The summed E-state index contributed by atoms with van der Waals surface area (Å²) in [4.78, 5) is 29.2. The minimum atomic E-state index is -3.74. The number of aromatic amines is 1. The number of hydrogen-bond donors (Lipinski definition) is 1. The summed E-state index contributed by atoms with van der Waals surface area (Å²) in [6.45, 7) is 5.67. The van der Waals surface area contributed by atoms with Crippen molar-refractivity contribution in [1.29, 1.82) is 0 Å². The van der Waals surface area contributed by atoms with Crippen LogP contribution in [0.15, 0.2) is 29.2 Å². The van der Waals surface area contributed by atoms with Crippen LogP contribution >= 0.6 is 0 Å². The van der Waals surface area contributed by atoms with Crippen molar-refractivity contribution in [1.82, 2.24) is 14.2 Å². The Bertz CT molecular complexity index is 1020. The molecule has 0 atom stereocenters. The van der Waals surface area contributed by atoms with Gasteiger partial charge in [0.25, 0.3) is 5.91 Å². The van der Waals surface area contributed by atoms with Crippen LogP contribution in [-0.2, 0) is 10.0 Å². The van der Waals surface area contributed by atoms with Crippen LogP contribution in [0.3, 0.4) is 0 Å². The lowest BCUT2D eigenvalue weighted by Gasteiger charge is -2.34. The van der Waals surface area contributed by atoms with Crippen LogP contribution in [0.1, 0.15) is 39.0 Å². The molecule has 0 radical (unpaired) electrons.